The van der Waals surface area contributed by atoms with E-state index in [9.17, 15) is 4.79 Å². The molecule has 72 valence electrons. The summed E-state index contributed by atoms with van der Waals surface area (Å²) >= 11 is 0. The Morgan fingerprint density at radius 2 is 2.15 bits per heavy atom. The molecule has 3 fully saturated rings. The molecule has 13 heavy (non-hydrogen) atoms. The number of carbonyl (C=O) groups excluding carboxylic acids is 1. The van der Waals surface area contributed by atoms with Gasteiger partial charge in [-0.25, -0.2) is 0 Å². The Labute approximate surface area is 79.9 Å². The summed E-state index contributed by atoms with van der Waals surface area (Å²) in [5, 5.41) is 0. The summed E-state index contributed by atoms with van der Waals surface area (Å²) in [7, 11) is 0. The lowest BCUT2D eigenvalue weighted by atomic mass is 9.65. The fourth-order valence-corrected chi connectivity index (χ4v) is 4.64. The lowest BCUT2D eigenvalue weighted by molar-refractivity contribution is -0.118. The Kier molecular flexibility index (Phi) is 1.24. The van der Waals surface area contributed by atoms with Crippen molar-refractivity contribution in [3.63, 3.8) is 0 Å². The summed E-state index contributed by atoms with van der Waals surface area (Å²) in [4.78, 5) is 11.5. The third kappa shape index (κ3) is 0.769. The van der Waals surface area contributed by atoms with Crippen molar-refractivity contribution in [1.29, 1.82) is 0 Å². The summed E-state index contributed by atoms with van der Waals surface area (Å²) in [6.45, 7) is 4.78. The summed E-state index contributed by atoms with van der Waals surface area (Å²) in [6, 6.07) is 0. The molecule has 0 saturated heterocycles. The van der Waals surface area contributed by atoms with E-state index < -0.39 is 0 Å². The molecular formula is C12H18O. The predicted molar refractivity (Wildman–Crippen MR) is 51.3 cm³/mol. The molecule has 3 aliphatic carbocycles. The molecule has 0 aromatic carbocycles. The molecule has 3 atom stereocenters. The minimum Gasteiger partial charge on any atom is -0.300 e. The molecule has 0 amide bonds. The van der Waals surface area contributed by atoms with Crippen LogP contribution in [0.3, 0.4) is 0 Å². The van der Waals surface area contributed by atoms with Crippen molar-refractivity contribution in [2.75, 3.05) is 0 Å². The standard InChI is InChI=1S/C12H18O/c1-11(2)8-3-4-12(6-8)7-9(13)5-10(11)12/h8,10H,3-7H2,1-2H3/t8-,10+,12+/m1/s1. The lowest BCUT2D eigenvalue weighted by Crippen LogP contribution is -2.32. The number of ketones is 1. The van der Waals surface area contributed by atoms with Crippen LogP contribution >= 0.6 is 0 Å². The van der Waals surface area contributed by atoms with E-state index in [0.717, 1.165) is 24.7 Å². The Morgan fingerprint density at radius 3 is 2.85 bits per heavy atom. The largest absolute Gasteiger partial charge is 0.300 e. The zero-order valence-electron chi connectivity index (χ0n) is 8.60. The minimum atomic E-state index is 0.463. The molecule has 0 radical (unpaired) electrons. The molecule has 0 unspecified atom stereocenters. The Balaban J connectivity index is 2.06. The van der Waals surface area contributed by atoms with E-state index in [1.54, 1.807) is 0 Å². The van der Waals surface area contributed by atoms with Crippen LogP contribution in [0.1, 0.15) is 46.0 Å². The molecule has 0 heterocycles. The third-order valence-corrected chi connectivity index (χ3v) is 5.31. The molecular weight excluding hydrogens is 160 g/mol. The van der Waals surface area contributed by atoms with E-state index in [4.69, 9.17) is 0 Å². The summed E-state index contributed by atoms with van der Waals surface area (Å²) in [6.07, 6.45) is 5.89. The number of Topliss-reactive ketones (excluding diaryl/α,β-unsaturated/α-hetero) is 1. The maximum absolute atomic E-state index is 11.5. The Morgan fingerprint density at radius 1 is 1.38 bits per heavy atom. The molecule has 0 aromatic rings. The van der Waals surface area contributed by atoms with Crippen LogP contribution in [0.2, 0.25) is 0 Å². The molecule has 3 rings (SSSR count). The summed E-state index contributed by atoms with van der Waals surface area (Å²) < 4.78 is 0. The van der Waals surface area contributed by atoms with Crippen LogP contribution < -0.4 is 0 Å². The highest BCUT2D eigenvalue weighted by atomic mass is 16.1. The second-order valence-corrected chi connectivity index (χ2v) is 6.10. The van der Waals surface area contributed by atoms with Gasteiger partial charge in [0.2, 0.25) is 0 Å². The first-order valence-electron chi connectivity index (χ1n) is 5.56. The van der Waals surface area contributed by atoms with Gasteiger partial charge in [0, 0.05) is 12.8 Å². The zero-order valence-corrected chi connectivity index (χ0v) is 8.60. The van der Waals surface area contributed by atoms with Gasteiger partial charge in [-0.1, -0.05) is 13.8 Å². The first-order chi connectivity index (χ1) is 6.05. The van der Waals surface area contributed by atoms with Crippen LogP contribution in [0.5, 0.6) is 0 Å². The van der Waals surface area contributed by atoms with Gasteiger partial charge in [-0.05, 0) is 41.9 Å². The average Bonchev–Trinajstić information content (AvgIpc) is 2.61. The van der Waals surface area contributed by atoms with Crippen molar-refractivity contribution in [3.05, 3.63) is 0 Å². The molecule has 0 N–H and O–H groups in total. The predicted octanol–water partition coefficient (Wildman–Crippen LogP) is 2.79. The van der Waals surface area contributed by atoms with Crippen molar-refractivity contribution in [2.24, 2.45) is 22.7 Å². The van der Waals surface area contributed by atoms with Crippen molar-refractivity contribution in [3.8, 4) is 0 Å². The topological polar surface area (TPSA) is 17.1 Å². The fraction of sp³-hybridized carbons (Fsp3) is 0.917. The first-order valence-corrected chi connectivity index (χ1v) is 5.56. The number of fused-ring (bicyclic) bond motifs is 1. The summed E-state index contributed by atoms with van der Waals surface area (Å²) in [5.74, 6) is 2.19. The molecule has 2 bridgehead atoms. The molecule has 3 saturated carbocycles. The van der Waals surface area contributed by atoms with E-state index in [0.29, 0.717) is 16.6 Å². The fourth-order valence-electron chi connectivity index (χ4n) is 4.64. The van der Waals surface area contributed by atoms with Crippen LogP contribution in [-0.2, 0) is 4.79 Å². The minimum absolute atomic E-state index is 0.463. The molecule has 3 aliphatic rings. The van der Waals surface area contributed by atoms with Crippen molar-refractivity contribution < 1.29 is 4.79 Å². The molecule has 0 aromatic heterocycles. The van der Waals surface area contributed by atoms with E-state index in [-0.39, 0.29) is 0 Å². The molecule has 1 spiro atoms. The maximum Gasteiger partial charge on any atom is 0.133 e. The third-order valence-electron chi connectivity index (χ3n) is 5.31. The van der Waals surface area contributed by atoms with Gasteiger partial charge < -0.3 is 0 Å². The Bertz CT molecular complexity index is 279. The van der Waals surface area contributed by atoms with Crippen LogP contribution in [0, 0.1) is 22.7 Å². The monoisotopic (exact) mass is 178 g/mol. The summed E-state index contributed by atoms with van der Waals surface area (Å²) in [5.41, 5.74) is 0.940. The van der Waals surface area contributed by atoms with Crippen LogP contribution in [-0.4, -0.2) is 5.78 Å². The second-order valence-electron chi connectivity index (χ2n) is 6.10. The average molecular weight is 178 g/mol. The van der Waals surface area contributed by atoms with Gasteiger partial charge in [-0.2, -0.15) is 0 Å². The number of hydrogen-bond donors (Lipinski definition) is 0. The van der Waals surface area contributed by atoms with E-state index in [1.165, 1.54) is 19.3 Å². The van der Waals surface area contributed by atoms with Gasteiger partial charge in [-0.15, -0.1) is 0 Å². The van der Waals surface area contributed by atoms with E-state index >= 15 is 0 Å². The van der Waals surface area contributed by atoms with Crippen LogP contribution in [0.25, 0.3) is 0 Å². The normalized spacial score (nSPS) is 51.4. The van der Waals surface area contributed by atoms with Crippen molar-refractivity contribution >= 4 is 5.78 Å². The van der Waals surface area contributed by atoms with Gasteiger partial charge in [0.05, 0.1) is 0 Å². The van der Waals surface area contributed by atoms with Gasteiger partial charge in [0.1, 0.15) is 5.78 Å². The highest BCUT2D eigenvalue weighted by Gasteiger charge is 2.64. The van der Waals surface area contributed by atoms with Gasteiger partial charge in [-0.3, -0.25) is 4.79 Å². The van der Waals surface area contributed by atoms with Crippen LogP contribution in [0.4, 0.5) is 0 Å². The highest BCUT2D eigenvalue weighted by Crippen LogP contribution is 2.71. The number of hydrogen-bond acceptors (Lipinski definition) is 1. The molecule has 0 aliphatic heterocycles. The lowest BCUT2D eigenvalue weighted by Gasteiger charge is -2.39. The smallest absolute Gasteiger partial charge is 0.133 e. The zero-order chi connectivity index (χ0) is 9.27. The van der Waals surface area contributed by atoms with Gasteiger partial charge >= 0.3 is 0 Å². The number of carbonyl (C=O) groups is 1. The number of rotatable bonds is 0. The SMILES string of the molecule is CC1(C)[C@@H]2CC[C@@]3(CC(=O)C[C@@H]13)C2. The highest BCUT2D eigenvalue weighted by molar-refractivity contribution is 5.82. The van der Waals surface area contributed by atoms with Gasteiger partial charge in [0.15, 0.2) is 0 Å². The Hall–Kier alpha value is -0.330. The molecule has 1 heteroatoms. The first kappa shape index (κ1) is 8.02. The van der Waals surface area contributed by atoms with Gasteiger partial charge in [0.25, 0.3) is 0 Å². The quantitative estimate of drug-likeness (QED) is 0.557. The van der Waals surface area contributed by atoms with Crippen molar-refractivity contribution in [1.82, 2.24) is 0 Å². The maximum atomic E-state index is 11.5. The van der Waals surface area contributed by atoms with E-state index in [1.807, 2.05) is 0 Å². The van der Waals surface area contributed by atoms with E-state index in [2.05, 4.69) is 13.8 Å². The second kappa shape index (κ2) is 2.02. The molecule has 1 nitrogen and oxygen atoms in total. The van der Waals surface area contributed by atoms with Crippen LogP contribution in [0.15, 0.2) is 0 Å². The van der Waals surface area contributed by atoms with Crippen molar-refractivity contribution in [2.45, 2.75) is 46.0 Å².